The monoisotopic (exact) mass is 369 g/mol. The molecule has 0 saturated heterocycles. The number of hydrogen-bond donors (Lipinski definition) is 2. The fraction of sp³-hybridized carbons (Fsp3) is 0.188. The molecule has 0 bridgehead atoms. The minimum absolute atomic E-state index is 0.0597. The molecule has 0 saturated carbocycles. The number of benzene rings is 2. The van der Waals surface area contributed by atoms with Crippen LogP contribution in [0.4, 0.5) is 19.3 Å². The summed E-state index contributed by atoms with van der Waals surface area (Å²) >= 11 is 0. The molecule has 0 aliphatic heterocycles. The first-order valence-corrected chi connectivity index (χ1v) is 8.66. The summed E-state index contributed by atoms with van der Waals surface area (Å²) in [7, 11) is -0.670. The van der Waals surface area contributed by atoms with E-state index in [1.54, 1.807) is 12.1 Å². The summed E-state index contributed by atoms with van der Waals surface area (Å²) in [6.45, 7) is 0.0597. The molecule has 0 unspecified atom stereocenters. The summed E-state index contributed by atoms with van der Waals surface area (Å²) in [4.78, 5) is 11.9. The molecule has 0 atom stereocenters. The number of carbonyl (C=O) groups is 1. The SMILES string of the molecule is CN(C)S(=O)(=O)c1ccc(CNC(=O)Nc2c(F)cccc2F)cc1. The van der Waals surface area contributed by atoms with E-state index in [4.69, 9.17) is 0 Å². The molecule has 25 heavy (non-hydrogen) atoms. The quantitative estimate of drug-likeness (QED) is 0.850. The number of para-hydroxylation sites is 1. The molecule has 2 rings (SSSR count). The molecule has 134 valence electrons. The first-order valence-electron chi connectivity index (χ1n) is 7.22. The first kappa shape index (κ1) is 18.8. The van der Waals surface area contributed by atoms with Gasteiger partial charge in [0.05, 0.1) is 4.90 Å². The molecule has 6 nitrogen and oxygen atoms in total. The van der Waals surface area contributed by atoms with Gasteiger partial charge in [0.25, 0.3) is 0 Å². The van der Waals surface area contributed by atoms with Gasteiger partial charge in [0.15, 0.2) is 0 Å². The van der Waals surface area contributed by atoms with Crippen LogP contribution in [-0.2, 0) is 16.6 Å². The molecule has 2 N–H and O–H groups in total. The lowest BCUT2D eigenvalue weighted by atomic mass is 10.2. The number of anilines is 1. The molecule has 0 aromatic heterocycles. The molecule has 2 aromatic rings. The van der Waals surface area contributed by atoms with Crippen molar-refractivity contribution in [1.29, 1.82) is 0 Å². The molecule has 0 aliphatic rings. The number of nitrogens with zero attached hydrogens (tertiary/aromatic N) is 1. The molecule has 2 aromatic carbocycles. The van der Waals surface area contributed by atoms with Crippen LogP contribution >= 0.6 is 0 Å². The maximum atomic E-state index is 13.5. The van der Waals surface area contributed by atoms with Crippen molar-refractivity contribution >= 4 is 21.7 Å². The van der Waals surface area contributed by atoms with Gasteiger partial charge in [-0.25, -0.2) is 26.3 Å². The average molecular weight is 369 g/mol. The molecular formula is C16H17F2N3O3S. The second-order valence-electron chi connectivity index (χ2n) is 5.34. The summed E-state index contributed by atoms with van der Waals surface area (Å²) in [6, 6.07) is 8.39. The van der Waals surface area contributed by atoms with Crippen LogP contribution in [-0.4, -0.2) is 32.8 Å². The van der Waals surface area contributed by atoms with Crippen molar-refractivity contribution in [2.45, 2.75) is 11.4 Å². The number of amides is 2. The van der Waals surface area contributed by atoms with Crippen LogP contribution in [0, 0.1) is 11.6 Å². The summed E-state index contributed by atoms with van der Waals surface area (Å²) < 4.78 is 51.9. The van der Waals surface area contributed by atoms with Crippen LogP contribution < -0.4 is 10.6 Å². The minimum atomic E-state index is -3.52. The van der Waals surface area contributed by atoms with E-state index in [0.29, 0.717) is 5.56 Å². The van der Waals surface area contributed by atoms with E-state index in [2.05, 4.69) is 10.6 Å². The second-order valence-corrected chi connectivity index (χ2v) is 7.49. The number of nitrogens with one attached hydrogen (secondary N) is 2. The Kier molecular flexibility index (Phi) is 5.70. The van der Waals surface area contributed by atoms with Crippen molar-refractivity contribution in [3.8, 4) is 0 Å². The van der Waals surface area contributed by atoms with Crippen molar-refractivity contribution in [2.24, 2.45) is 0 Å². The van der Waals surface area contributed by atoms with E-state index in [0.717, 1.165) is 16.4 Å². The number of hydrogen-bond acceptors (Lipinski definition) is 3. The van der Waals surface area contributed by atoms with Gasteiger partial charge in [-0.3, -0.25) is 0 Å². The highest BCUT2D eigenvalue weighted by Crippen LogP contribution is 2.18. The number of urea groups is 1. The summed E-state index contributed by atoms with van der Waals surface area (Å²) in [5, 5.41) is 4.54. The van der Waals surface area contributed by atoms with Crippen LogP contribution in [0.5, 0.6) is 0 Å². The number of carbonyl (C=O) groups excluding carboxylic acids is 1. The topological polar surface area (TPSA) is 78.5 Å². The normalized spacial score (nSPS) is 11.4. The molecular weight excluding hydrogens is 352 g/mol. The summed E-state index contributed by atoms with van der Waals surface area (Å²) in [5.74, 6) is -1.76. The fourth-order valence-corrected chi connectivity index (χ4v) is 2.85. The molecule has 0 radical (unpaired) electrons. The Balaban J connectivity index is 1.99. The maximum absolute atomic E-state index is 13.5. The summed E-state index contributed by atoms with van der Waals surface area (Å²) in [6.07, 6.45) is 0. The number of rotatable bonds is 5. The van der Waals surface area contributed by atoms with Crippen LogP contribution in [0.25, 0.3) is 0 Å². The van der Waals surface area contributed by atoms with E-state index in [1.807, 2.05) is 0 Å². The lowest BCUT2D eigenvalue weighted by Crippen LogP contribution is -2.29. The highest BCUT2D eigenvalue weighted by atomic mass is 32.2. The van der Waals surface area contributed by atoms with Crippen LogP contribution in [0.1, 0.15) is 5.56 Å². The van der Waals surface area contributed by atoms with Gasteiger partial charge in [-0.05, 0) is 29.8 Å². The predicted octanol–water partition coefficient (Wildman–Crippen LogP) is 2.54. The van der Waals surface area contributed by atoms with Gasteiger partial charge >= 0.3 is 6.03 Å². The van der Waals surface area contributed by atoms with Crippen LogP contribution in [0.15, 0.2) is 47.4 Å². The van der Waals surface area contributed by atoms with Crippen molar-refractivity contribution in [3.63, 3.8) is 0 Å². The standard InChI is InChI=1S/C16H17F2N3O3S/c1-21(2)25(23,24)12-8-6-11(7-9-12)10-19-16(22)20-15-13(17)4-3-5-14(15)18/h3-9H,10H2,1-2H3,(H2,19,20,22). The Morgan fingerprint density at radius 3 is 2.12 bits per heavy atom. The van der Waals surface area contributed by atoms with Crippen molar-refractivity contribution in [2.75, 3.05) is 19.4 Å². The zero-order valence-electron chi connectivity index (χ0n) is 13.6. The number of sulfonamides is 1. The lowest BCUT2D eigenvalue weighted by molar-refractivity contribution is 0.251. The third-order valence-electron chi connectivity index (χ3n) is 3.36. The third-order valence-corrected chi connectivity index (χ3v) is 5.19. The van der Waals surface area contributed by atoms with Gasteiger partial charge in [0.2, 0.25) is 10.0 Å². The van der Waals surface area contributed by atoms with Crippen molar-refractivity contribution in [1.82, 2.24) is 9.62 Å². The molecule has 0 aliphatic carbocycles. The lowest BCUT2D eigenvalue weighted by Gasteiger charge is -2.12. The minimum Gasteiger partial charge on any atom is -0.334 e. The smallest absolute Gasteiger partial charge is 0.319 e. The second kappa shape index (κ2) is 7.58. The molecule has 0 fully saturated rings. The van der Waals surface area contributed by atoms with Crippen molar-refractivity contribution < 1.29 is 22.0 Å². The zero-order chi connectivity index (χ0) is 18.6. The van der Waals surface area contributed by atoms with Gasteiger partial charge in [-0.1, -0.05) is 18.2 Å². The molecule has 0 spiro atoms. The predicted molar refractivity (Wildman–Crippen MR) is 89.5 cm³/mol. The Hall–Kier alpha value is -2.52. The fourth-order valence-electron chi connectivity index (χ4n) is 1.95. The Morgan fingerprint density at radius 2 is 1.60 bits per heavy atom. The Labute approximate surface area is 144 Å². The average Bonchev–Trinajstić information content (AvgIpc) is 2.56. The van der Waals surface area contributed by atoms with E-state index >= 15 is 0 Å². The molecule has 2 amide bonds. The van der Waals surface area contributed by atoms with Gasteiger partial charge in [0.1, 0.15) is 17.3 Å². The van der Waals surface area contributed by atoms with Gasteiger partial charge in [-0.2, -0.15) is 0 Å². The van der Waals surface area contributed by atoms with E-state index in [-0.39, 0.29) is 11.4 Å². The summed E-state index contributed by atoms with van der Waals surface area (Å²) in [5.41, 5.74) is 0.0919. The van der Waals surface area contributed by atoms with Gasteiger partial charge < -0.3 is 10.6 Å². The third kappa shape index (κ3) is 4.52. The Morgan fingerprint density at radius 1 is 1.04 bits per heavy atom. The highest BCUT2D eigenvalue weighted by molar-refractivity contribution is 7.89. The maximum Gasteiger partial charge on any atom is 0.319 e. The van der Waals surface area contributed by atoms with Crippen molar-refractivity contribution in [3.05, 3.63) is 59.7 Å². The highest BCUT2D eigenvalue weighted by Gasteiger charge is 2.16. The molecule has 9 heteroatoms. The molecule has 0 heterocycles. The zero-order valence-corrected chi connectivity index (χ0v) is 14.4. The van der Waals surface area contributed by atoms with Crippen LogP contribution in [0.2, 0.25) is 0 Å². The van der Waals surface area contributed by atoms with E-state index in [1.165, 1.54) is 32.3 Å². The first-order chi connectivity index (χ1) is 11.7. The van der Waals surface area contributed by atoms with Gasteiger partial charge in [-0.15, -0.1) is 0 Å². The Bertz CT molecular complexity index is 848. The van der Waals surface area contributed by atoms with Gasteiger partial charge in [0, 0.05) is 20.6 Å². The van der Waals surface area contributed by atoms with E-state index < -0.39 is 33.4 Å². The largest absolute Gasteiger partial charge is 0.334 e. The van der Waals surface area contributed by atoms with E-state index in [9.17, 15) is 22.0 Å². The number of halogens is 2. The van der Waals surface area contributed by atoms with Crippen LogP contribution in [0.3, 0.4) is 0 Å².